The van der Waals surface area contributed by atoms with Gasteiger partial charge in [0.05, 0.1) is 24.3 Å². The average Bonchev–Trinajstić information content (AvgIpc) is 3.28. The zero-order valence-electron chi connectivity index (χ0n) is 25.0. The Kier molecular flexibility index (Phi) is 12.0. The van der Waals surface area contributed by atoms with Gasteiger partial charge in [0.2, 0.25) is 0 Å². The second-order valence-electron chi connectivity index (χ2n) is 10.2. The molecule has 0 unspecified atom stereocenters. The molecule has 216 valence electrons. The van der Waals surface area contributed by atoms with Gasteiger partial charge in [0.1, 0.15) is 11.5 Å². The first-order valence-electron chi connectivity index (χ1n) is 13.5. The van der Waals surface area contributed by atoms with E-state index in [1.165, 1.54) is 12.1 Å². The number of hydrogen-bond acceptors (Lipinski definition) is 5. The van der Waals surface area contributed by atoms with Gasteiger partial charge in [-0.25, -0.2) is 4.39 Å². The smallest absolute Gasteiger partial charge is 1.00 e. The minimum Gasteiger partial charge on any atom is -1.00 e. The molecule has 10 heteroatoms. The molecular weight excluding hydrogens is 548 g/mol. The predicted octanol–water partition coefficient (Wildman–Crippen LogP) is 2.83. The van der Waals surface area contributed by atoms with Crippen LogP contribution in [0.1, 0.15) is 56.8 Å². The fourth-order valence-corrected chi connectivity index (χ4v) is 5.10. The SMILES string of the molecule is CC(C)n1c(CC[C@@H](O)C[C@@H](O)CC(=O)O)c(-c2ccc(F)cc2)c(-c2ccccn2)c1C(=O)Nc1ccccc1.[H-].[Na+]. The number of aliphatic hydroxyl groups is 2. The number of carboxylic acids is 1. The Morgan fingerprint density at radius 2 is 1.62 bits per heavy atom. The maximum Gasteiger partial charge on any atom is 1.00 e. The molecule has 0 saturated heterocycles. The molecule has 0 fully saturated rings. The summed E-state index contributed by atoms with van der Waals surface area (Å²) in [5.41, 5.74) is 4.23. The van der Waals surface area contributed by atoms with Gasteiger partial charge in [-0.2, -0.15) is 0 Å². The molecule has 2 atom stereocenters. The maximum atomic E-state index is 14.0. The minimum absolute atomic E-state index is 0. The van der Waals surface area contributed by atoms with E-state index in [0.29, 0.717) is 40.2 Å². The van der Waals surface area contributed by atoms with Gasteiger partial charge < -0.3 is 26.6 Å². The van der Waals surface area contributed by atoms with Crippen molar-refractivity contribution in [3.63, 3.8) is 0 Å². The van der Waals surface area contributed by atoms with E-state index in [2.05, 4.69) is 10.3 Å². The van der Waals surface area contributed by atoms with Crippen LogP contribution < -0.4 is 34.9 Å². The molecule has 0 spiro atoms. The molecule has 4 N–H and O–H groups in total. The molecule has 0 radical (unpaired) electrons. The van der Waals surface area contributed by atoms with E-state index in [4.69, 9.17) is 5.11 Å². The Morgan fingerprint density at radius 3 is 2.21 bits per heavy atom. The number of benzene rings is 2. The van der Waals surface area contributed by atoms with E-state index in [0.717, 1.165) is 5.69 Å². The summed E-state index contributed by atoms with van der Waals surface area (Å²) < 4.78 is 15.9. The third-order valence-electron chi connectivity index (χ3n) is 6.79. The van der Waals surface area contributed by atoms with Crippen molar-refractivity contribution in [2.75, 3.05) is 5.32 Å². The molecule has 0 aliphatic heterocycles. The molecule has 1 amide bonds. The Labute approximate surface area is 268 Å². The van der Waals surface area contributed by atoms with Crippen molar-refractivity contribution in [2.24, 2.45) is 0 Å². The first kappa shape index (κ1) is 33.2. The number of aliphatic hydroxyl groups excluding tert-OH is 2. The van der Waals surface area contributed by atoms with Gasteiger partial charge in [-0.3, -0.25) is 14.6 Å². The summed E-state index contributed by atoms with van der Waals surface area (Å²) in [4.78, 5) is 29.6. The number of nitrogens with zero attached hydrogens (tertiary/aromatic N) is 2. The molecule has 0 aliphatic rings. The van der Waals surface area contributed by atoms with Gasteiger partial charge in [0.15, 0.2) is 0 Å². The summed E-state index contributed by atoms with van der Waals surface area (Å²) in [6, 6.07) is 20.3. The number of carboxylic acid groups (broad SMARTS) is 1. The van der Waals surface area contributed by atoms with Gasteiger partial charge in [-0.05, 0) is 75.1 Å². The third kappa shape index (κ3) is 8.14. The summed E-state index contributed by atoms with van der Waals surface area (Å²) in [6.07, 6.45) is -0.605. The number of carbonyl (C=O) groups excluding carboxylic acids is 1. The number of carbonyl (C=O) groups is 2. The van der Waals surface area contributed by atoms with E-state index in [1.54, 1.807) is 36.5 Å². The van der Waals surface area contributed by atoms with Crippen molar-refractivity contribution >= 4 is 17.6 Å². The number of halogens is 1. The van der Waals surface area contributed by atoms with Crippen molar-refractivity contribution < 1.29 is 60.3 Å². The normalized spacial score (nSPS) is 12.4. The number of aliphatic carboxylic acids is 1. The van der Waals surface area contributed by atoms with Crippen LogP contribution >= 0.6 is 0 Å². The number of para-hydroxylation sites is 1. The summed E-state index contributed by atoms with van der Waals surface area (Å²) >= 11 is 0. The number of rotatable bonds is 12. The third-order valence-corrected chi connectivity index (χ3v) is 6.79. The fraction of sp³-hybridized carbons (Fsp3) is 0.281. The van der Waals surface area contributed by atoms with E-state index in [1.807, 2.05) is 48.7 Å². The van der Waals surface area contributed by atoms with Crippen molar-refractivity contribution in [1.29, 1.82) is 0 Å². The van der Waals surface area contributed by atoms with Gasteiger partial charge in [-0.1, -0.05) is 36.4 Å². The van der Waals surface area contributed by atoms with Gasteiger partial charge in [0, 0.05) is 34.7 Å². The molecule has 0 aliphatic carbocycles. The fourth-order valence-electron chi connectivity index (χ4n) is 5.10. The zero-order valence-corrected chi connectivity index (χ0v) is 26.0. The van der Waals surface area contributed by atoms with Gasteiger partial charge in [-0.15, -0.1) is 0 Å². The molecule has 4 rings (SSSR count). The predicted molar refractivity (Wildman–Crippen MR) is 156 cm³/mol. The summed E-state index contributed by atoms with van der Waals surface area (Å²) in [5.74, 6) is -1.90. The zero-order chi connectivity index (χ0) is 29.5. The van der Waals surface area contributed by atoms with E-state index in [-0.39, 0.29) is 55.8 Å². The van der Waals surface area contributed by atoms with Crippen molar-refractivity contribution in [1.82, 2.24) is 9.55 Å². The first-order chi connectivity index (χ1) is 19.7. The largest absolute Gasteiger partial charge is 1.00 e. The Bertz CT molecular complexity index is 1480. The summed E-state index contributed by atoms with van der Waals surface area (Å²) in [7, 11) is 0. The second-order valence-corrected chi connectivity index (χ2v) is 10.2. The standard InChI is InChI=1S/C32H34FN3O5.Na.H/c1-20(2)36-27(16-15-24(37)18-25(38)19-28(39)40)29(21-11-13-22(33)14-12-21)30(26-10-6-7-17-34-26)31(36)32(41)35-23-8-4-3-5-9-23;;/h3-14,17,20,24-25,37-38H,15-16,18-19H2,1-2H3,(H,35,41)(H,39,40);;/q;+1;-1/t24-,25-;;/m1../s1. The Morgan fingerprint density at radius 1 is 0.952 bits per heavy atom. The van der Waals surface area contributed by atoms with Crippen LogP contribution in [0.2, 0.25) is 0 Å². The van der Waals surface area contributed by atoms with Gasteiger partial charge >= 0.3 is 35.5 Å². The second kappa shape index (κ2) is 15.2. The molecule has 2 heterocycles. The molecule has 4 aromatic rings. The van der Waals surface area contributed by atoms with Crippen LogP contribution in [0.15, 0.2) is 79.0 Å². The van der Waals surface area contributed by atoms with Crippen LogP contribution in [0, 0.1) is 5.82 Å². The molecule has 0 saturated carbocycles. The van der Waals surface area contributed by atoms with E-state index < -0.39 is 30.4 Å². The molecule has 8 nitrogen and oxygen atoms in total. The van der Waals surface area contributed by atoms with Gasteiger partial charge in [0.25, 0.3) is 5.91 Å². The first-order valence-corrected chi connectivity index (χ1v) is 13.5. The topological polar surface area (TPSA) is 125 Å². The Balaban J connectivity index is 0.00000323. The number of hydrogen-bond donors (Lipinski definition) is 4. The maximum absolute atomic E-state index is 14.0. The Hall–Kier alpha value is -3.34. The number of nitrogens with one attached hydrogen (secondary N) is 1. The molecule has 0 bridgehead atoms. The van der Waals surface area contributed by atoms with Crippen LogP contribution in [-0.4, -0.2) is 49.0 Å². The van der Waals surface area contributed by atoms with Crippen LogP contribution in [0.5, 0.6) is 0 Å². The molecular formula is C32H35FN3NaO5. The molecule has 2 aromatic carbocycles. The summed E-state index contributed by atoms with van der Waals surface area (Å²) in [6.45, 7) is 3.90. The van der Waals surface area contributed by atoms with Crippen molar-refractivity contribution in [2.45, 2.75) is 57.8 Å². The quantitative estimate of drug-likeness (QED) is 0.190. The average molecular weight is 584 g/mol. The van der Waals surface area contributed by atoms with Crippen molar-refractivity contribution in [3.8, 4) is 22.4 Å². The van der Waals surface area contributed by atoms with Crippen LogP contribution in [-0.2, 0) is 11.2 Å². The minimum atomic E-state index is -1.19. The van der Waals surface area contributed by atoms with Crippen molar-refractivity contribution in [3.05, 3.63) is 96.2 Å². The summed E-state index contributed by atoms with van der Waals surface area (Å²) in [5, 5.41) is 32.7. The number of aromatic nitrogens is 2. The number of pyridine rings is 1. The monoisotopic (exact) mass is 583 g/mol. The number of anilines is 1. The molecule has 42 heavy (non-hydrogen) atoms. The van der Waals surface area contributed by atoms with Crippen LogP contribution in [0.4, 0.5) is 10.1 Å². The van der Waals surface area contributed by atoms with E-state index in [9.17, 15) is 24.2 Å². The van der Waals surface area contributed by atoms with Crippen LogP contribution in [0.3, 0.4) is 0 Å². The molecule has 2 aromatic heterocycles. The van der Waals surface area contributed by atoms with E-state index >= 15 is 0 Å². The van der Waals surface area contributed by atoms with Crippen LogP contribution in [0.25, 0.3) is 22.4 Å². The number of amides is 1.